The van der Waals surface area contributed by atoms with Gasteiger partial charge in [-0.25, -0.2) is 0 Å². The van der Waals surface area contributed by atoms with Crippen molar-refractivity contribution in [3.63, 3.8) is 0 Å². The second-order valence-corrected chi connectivity index (χ2v) is 7.31. The number of H-pyrrole nitrogens is 1. The fraction of sp³-hybridized carbons (Fsp3) is 0.471. The van der Waals surface area contributed by atoms with Crippen molar-refractivity contribution in [2.75, 3.05) is 6.26 Å². The highest BCUT2D eigenvalue weighted by Crippen LogP contribution is 2.40. The summed E-state index contributed by atoms with van der Waals surface area (Å²) >= 11 is 1.96. The van der Waals surface area contributed by atoms with Crippen molar-refractivity contribution in [1.82, 2.24) is 9.88 Å². The first-order valence-electron chi connectivity index (χ1n) is 7.69. The lowest BCUT2D eigenvalue weighted by Gasteiger charge is -2.38. The Hall–Kier alpha value is -1.42. The maximum Gasteiger partial charge on any atom is 0.256 e. The molecule has 1 aromatic carbocycles. The van der Waals surface area contributed by atoms with Gasteiger partial charge in [0.25, 0.3) is 5.91 Å². The summed E-state index contributed by atoms with van der Waals surface area (Å²) in [5.41, 5.74) is 1.89. The summed E-state index contributed by atoms with van der Waals surface area (Å²) < 4.78 is 0. The fourth-order valence-corrected chi connectivity index (χ4v) is 4.87. The van der Waals surface area contributed by atoms with Crippen molar-refractivity contribution in [1.29, 1.82) is 0 Å². The summed E-state index contributed by atoms with van der Waals surface area (Å²) in [6, 6.07) is 8.96. The molecule has 0 radical (unpaired) electrons. The Morgan fingerprint density at radius 3 is 2.67 bits per heavy atom. The zero-order chi connectivity index (χ0) is 14.4. The topological polar surface area (TPSA) is 36.1 Å². The van der Waals surface area contributed by atoms with Gasteiger partial charge in [-0.2, -0.15) is 11.8 Å². The van der Waals surface area contributed by atoms with Gasteiger partial charge >= 0.3 is 0 Å². The van der Waals surface area contributed by atoms with E-state index in [1.54, 1.807) is 0 Å². The molecule has 0 saturated carbocycles. The largest absolute Gasteiger partial charge is 0.360 e. The van der Waals surface area contributed by atoms with E-state index in [1.165, 1.54) is 12.8 Å². The van der Waals surface area contributed by atoms with Crippen LogP contribution in [-0.2, 0) is 0 Å². The predicted octanol–water partition coefficient (Wildman–Crippen LogP) is 3.67. The highest BCUT2D eigenvalue weighted by molar-refractivity contribution is 7.99. The van der Waals surface area contributed by atoms with Crippen molar-refractivity contribution in [2.45, 2.75) is 43.0 Å². The number of hydrogen-bond donors (Lipinski definition) is 1. The highest BCUT2D eigenvalue weighted by Gasteiger charge is 2.43. The van der Waals surface area contributed by atoms with Gasteiger partial charge in [-0.05, 0) is 38.0 Å². The molecule has 2 fully saturated rings. The van der Waals surface area contributed by atoms with Crippen LogP contribution in [0.3, 0.4) is 0 Å². The molecule has 2 bridgehead atoms. The van der Waals surface area contributed by atoms with E-state index in [4.69, 9.17) is 0 Å². The number of carbonyl (C=O) groups is 1. The van der Waals surface area contributed by atoms with Gasteiger partial charge in [0.2, 0.25) is 0 Å². The first-order valence-corrected chi connectivity index (χ1v) is 8.98. The van der Waals surface area contributed by atoms with E-state index in [0.29, 0.717) is 12.1 Å². The Bertz CT molecular complexity index is 666. The normalized spacial score (nSPS) is 28.2. The van der Waals surface area contributed by atoms with E-state index in [1.807, 2.05) is 42.2 Å². The van der Waals surface area contributed by atoms with Gasteiger partial charge in [0, 0.05) is 34.4 Å². The van der Waals surface area contributed by atoms with Crippen LogP contribution in [0.4, 0.5) is 0 Å². The van der Waals surface area contributed by atoms with Crippen molar-refractivity contribution in [2.24, 2.45) is 0 Å². The molecule has 0 spiro atoms. The average molecular weight is 300 g/mol. The number of aromatic amines is 1. The molecule has 2 atom stereocenters. The first-order chi connectivity index (χ1) is 10.3. The molecule has 3 nitrogen and oxygen atoms in total. The fourth-order valence-electron chi connectivity index (χ4n) is 4.04. The van der Waals surface area contributed by atoms with Crippen LogP contribution >= 0.6 is 11.8 Å². The van der Waals surface area contributed by atoms with Crippen LogP contribution in [0.5, 0.6) is 0 Å². The van der Waals surface area contributed by atoms with Crippen molar-refractivity contribution in [3.8, 4) is 0 Å². The standard InChI is InChI=1S/C17H20N2OS/c1-21-13-8-11-6-7-12(9-13)19(11)17(20)15-10-18-16-5-3-2-4-14(15)16/h2-5,10-13,18H,6-9H2,1H3. The molecule has 21 heavy (non-hydrogen) atoms. The lowest BCUT2D eigenvalue weighted by molar-refractivity contribution is 0.0604. The Balaban J connectivity index is 1.67. The van der Waals surface area contributed by atoms with E-state index in [-0.39, 0.29) is 5.91 Å². The number of nitrogens with zero attached hydrogens (tertiary/aromatic N) is 1. The SMILES string of the molecule is CSC1CC2CCC(C1)N2C(=O)c1c[nH]c2ccccc12. The Labute approximate surface area is 129 Å². The number of piperidine rings is 1. The lowest BCUT2D eigenvalue weighted by atomic mass is 10.0. The molecule has 0 aliphatic carbocycles. The second kappa shape index (κ2) is 5.09. The molecule has 4 heteroatoms. The summed E-state index contributed by atoms with van der Waals surface area (Å²) in [5.74, 6) is 0.222. The molecule has 2 aliphatic heterocycles. The number of benzene rings is 1. The zero-order valence-corrected chi connectivity index (χ0v) is 13.0. The van der Waals surface area contributed by atoms with Gasteiger partial charge in [0.15, 0.2) is 0 Å². The Morgan fingerprint density at radius 2 is 1.95 bits per heavy atom. The van der Waals surface area contributed by atoms with E-state index < -0.39 is 0 Å². The van der Waals surface area contributed by atoms with Gasteiger partial charge < -0.3 is 9.88 Å². The summed E-state index contributed by atoms with van der Waals surface area (Å²) in [6.07, 6.45) is 8.75. The molecule has 2 saturated heterocycles. The molecular weight excluding hydrogens is 280 g/mol. The van der Waals surface area contributed by atoms with E-state index in [0.717, 1.165) is 34.6 Å². The molecule has 1 amide bonds. The van der Waals surface area contributed by atoms with Gasteiger partial charge in [-0.3, -0.25) is 4.79 Å². The maximum absolute atomic E-state index is 13.0. The number of aromatic nitrogens is 1. The Morgan fingerprint density at radius 1 is 1.24 bits per heavy atom. The monoisotopic (exact) mass is 300 g/mol. The summed E-state index contributed by atoms with van der Waals surface area (Å²) in [4.78, 5) is 18.4. The van der Waals surface area contributed by atoms with Crippen LogP contribution < -0.4 is 0 Å². The lowest BCUT2D eigenvalue weighted by Crippen LogP contribution is -2.47. The summed E-state index contributed by atoms with van der Waals surface area (Å²) in [6.45, 7) is 0. The number of rotatable bonds is 2. The number of carbonyl (C=O) groups excluding carboxylic acids is 1. The van der Waals surface area contributed by atoms with Crippen LogP contribution in [0.25, 0.3) is 10.9 Å². The van der Waals surface area contributed by atoms with Crippen LogP contribution in [0.15, 0.2) is 30.5 Å². The van der Waals surface area contributed by atoms with Gasteiger partial charge in [0.05, 0.1) is 5.56 Å². The number of para-hydroxylation sites is 1. The second-order valence-electron chi connectivity index (χ2n) is 6.17. The van der Waals surface area contributed by atoms with E-state index in [2.05, 4.69) is 16.1 Å². The summed E-state index contributed by atoms with van der Waals surface area (Å²) in [7, 11) is 0. The third-order valence-electron chi connectivity index (χ3n) is 5.08. The number of thioether (sulfide) groups is 1. The minimum Gasteiger partial charge on any atom is -0.360 e. The van der Waals surface area contributed by atoms with Crippen molar-refractivity contribution < 1.29 is 4.79 Å². The molecular formula is C17H20N2OS. The van der Waals surface area contributed by atoms with Crippen LogP contribution in [0.1, 0.15) is 36.0 Å². The number of amides is 1. The molecule has 3 heterocycles. The van der Waals surface area contributed by atoms with Crippen molar-refractivity contribution >= 4 is 28.6 Å². The van der Waals surface area contributed by atoms with E-state index in [9.17, 15) is 4.79 Å². The van der Waals surface area contributed by atoms with Crippen LogP contribution in [0, 0.1) is 0 Å². The molecule has 1 N–H and O–H groups in total. The highest BCUT2D eigenvalue weighted by atomic mass is 32.2. The van der Waals surface area contributed by atoms with Crippen LogP contribution in [-0.4, -0.2) is 39.4 Å². The quantitative estimate of drug-likeness (QED) is 0.918. The molecule has 110 valence electrons. The van der Waals surface area contributed by atoms with Gasteiger partial charge in [0.1, 0.15) is 0 Å². The maximum atomic E-state index is 13.0. The first kappa shape index (κ1) is 13.3. The van der Waals surface area contributed by atoms with Gasteiger partial charge in [-0.1, -0.05) is 18.2 Å². The zero-order valence-electron chi connectivity index (χ0n) is 12.2. The summed E-state index contributed by atoms with van der Waals surface area (Å²) in [5, 5.41) is 1.78. The predicted molar refractivity (Wildman–Crippen MR) is 87.8 cm³/mol. The number of hydrogen-bond acceptors (Lipinski definition) is 2. The van der Waals surface area contributed by atoms with Gasteiger partial charge in [-0.15, -0.1) is 0 Å². The molecule has 1 aromatic heterocycles. The van der Waals surface area contributed by atoms with Crippen molar-refractivity contribution in [3.05, 3.63) is 36.0 Å². The molecule has 2 aliphatic rings. The minimum absolute atomic E-state index is 0.222. The minimum atomic E-state index is 0.222. The number of nitrogens with one attached hydrogen (secondary N) is 1. The number of fused-ring (bicyclic) bond motifs is 3. The molecule has 4 rings (SSSR count). The van der Waals surface area contributed by atoms with Crippen LogP contribution in [0.2, 0.25) is 0 Å². The van der Waals surface area contributed by atoms with E-state index >= 15 is 0 Å². The average Bonchev–Trinajstić information content (AvgIpc) is 3.05. The molecule has 2 aromatic rings. The third kappa shape index (κ3) is 2.08. The smallest absolute Gasteiger partial charge is 0.256 e. The third-order valence-corrected chi connectivity index (χ3v) is 6.13. The Kier molecular flexibility index (Phi) is 3.21. The molecule has 2 unspecified atom stereocenters.